The molecule has 0 unspecified atom stereocenters. The third-order valence-corrected chi connectivity index (χ3v) is 2.46. The summed E-state index contributed by atoms with van der Waals surface area (Å²) in [5, 5.41) is 0. The second-order valence-electron chi connectivity index (χ2n) is 3.73. The first-order valence-electron chi connectivity index (χ1n) is 5.40. The van der Waals surface area contributed by atoms with Crippen LogP contribution in [-0.4, -0.2) is 50.5 Å². The van der Waals surface area contributed by atoms with Gasteiger partial charge >= 0.3 is 0 Å². The summed E-state index contributed by atoms with van der Waals surface area (Å²) < 4.78 is 10.3. The molecule has 1 heterocycles. The maximum atomic E-state index is 5.14. The van der Waals surface area contributed by atoms with Crippen molar-refractivity contribution in [2.24, 2.45) is 0 Å². The number of pyridine rings is 1. The summed E-state index contributed by atoms with van der Waals surface area (Å²) in [6.45, 7) is 1.71. The summed E-state index contributed by atoms with van der Waals surface area (Å²) in [7, 11) is 5.36. The molecule has 0 aliphatic heterocycles. The number of hydrogen-bond acceptors (Lipinski definition) is 4. The van der Waals surface area contributed by atoms with Crippen LogP contribution in [0.15, 0.2) is 24.4 Å². The molecule has 0 saturated carbocycles. The highest BCUT2D eigenvalue weighted by Crippen LogP contribution is 1.99. The van der Waals surface area contributed by atoms with E-state index in [1.165, 1.54) is 0 Å². The molecule has 0 aliphatic carbocycles. The Morgan fingerprint density at radius 2 is 2.06 bits per heavy atom. The Labute approximate surface area is 97.2 Å². The maximum absolute atomic E-state index is 5.14. The smallest absolute Gasteiger partial charge is 0.169 e. The third-order valence-electron chi connectivity index (χ3n) is 2.46. The van der Waals surface area contributed by atoms with Crippen LogP contribution < -0.4 is 0 Å². The van der Waals surface area contributed by atoms with Crippen molar-refractivity contribution in [2.75, 3.05) is 34.4 Å². The van der Waals surface area contributed by atoms with Crippen LogP contribution in [0, 0.1) is 0 Å². The minimum Gasteiger partial charge on any atom is -0.355 e. The minimum atomic E-state index is -0.159. The summed E-state index contributed by atoms with van der Waals surface area (Å²) in [4.78, 5) is 6.45. The lowest BCUT2D eigenvalue weighted by Gasteiger charge is -2.21. The Bertz CT molecular complexity index is 276. The van der Waals surface area contributed by atoms with Crippen molar-refractivity contribution in [3.8, 4) is 0 Å². The highest BCUT2D eigenvalue weighted by atomic mass is 16.7. The van der Waals surface area contributed by atoms with Gasteiger partial charge in [0.1, 0.15) is 0 Å². The van der Waals surface area contributed by atoms with Crippen LogP contribution in [0.5, 0.6) is 0 Å². The van der Waals surface area contributed by atoms with E-state index in [-0.39, 0.29) is 6.29 Å². The van der Waals surface area contributed by atoms with Crippen molar-refractivity contribution in [1.29, 1.82) is 0 Å². The van der Waals surface area contributed by atoms with Gasteiger partial charge in [0, 0.05) is 45.6 Å². The Kier molecular flexibility index (Phi) is 6.00. The number of aromatic nitrogens is 1. The van der Waals surface area contributed by atoms with Gasteiger partial charge in [-0.25, -0.2) is 0 Å². The predicted molar refractivity (Wildman–Crippen MR) is 63.2 cm³/mol. The third kappa shape index (κ3) is 4.70. The summed E-state index contributed by atoms with van der Waals surface area (Å²) >= 11 is 0. The number of rotatable bonds is 7. The van der Waals surface area contributed by atoms with Gasteiger partial charge in [-0.3, -0.25) is 4.98 Å². The molecule has 4 nitrogen and oxygen atoms in total. The molecule has 0 aromatic carbocycles. The van der Waals surface area contributed by atoms with E-state index >= 15 is 0 Å². The van der Waals surface area contributed by atoms with Crippen molar-refractivity contribution in [3.05, 3.63) is 30.1 Å². The molecule has 0 N–H and O–H groups in total. The Balaban J connectivity index is 2.27. The van der Waals surface area contributed by atoms with Crippen molar-refractivity contribution in [2.45, 2.75) is 12.7 Å². The van der Waals surface area contributed by atoms with Gasteiger partial charge in [0.25, 0.3) is 0 Å². The lowest BCUT2D eigenvalue weighted by atomic mass is 10.2. The molecular weight excluding hydrogens is 204 g/mol. The lowest BCUT2D eigenvalue weighted by Crippen LogP contribution is -2.33. The molecule has 0 atom stereocenters. The standard InChI is InChI=1S/C12H20N2O2/c1-14(10-12(15-2)16-3)9-7-11-6-4-5-8-13-11/h4-6,8,12H,7,9-10H2,1-3H3. The molecular formula is C12H20N2O2. The van der Waals surface area contributed by atoms with E-state index in [2.05, 4.69) is 9.88 Å². The SMILES string of the molecule is COC(CN(C)CCc1ccccn1)OC. The highest BCUT2D eigenvalue weighted by Gasteiger charge is 2.08. The molecule has 0 spiro atoms. The van der Waals surface area contributed by atoms with Gasteiger partial charge in [-0.15, -0.1) is 0 Å². The van der Waals surface area contributed by atoms with E-state index in [1.807, 2.05) is 31.4 Å². The van der Waals surface area contributed by atoms with Gasteiger partial charge in [-0.05, 0) is 19.2 Å². The molecule has 16 heavy (non-hydrogen) atoms. The van der Waals surface area contributed by atoms with E-state index in [9.17, 15) is 0 Å². The van der Waals surface area contributed by atoms with E-state index in [4.69, 9.17) is 9.47 Å². The van der Waals surface area contributed by atoms with Gasteiger partial charge in [-0.2, -0.15) is 0 Å². The van der Waals surface area contributed by atoms with Gasteiger partial charge in [0.15, 0.2) is 6.29 Å². The first kappa shape index (κ1) is 13.1. The van der Waals surface area contributed by atoms with E-state index in [0.29, 0.717) is 0 Å². The zero-order valence-corrected chi connectivity index (χ0v) is 10.2. The molecule has 0 aliphatic rings. The molecule has 0 saturated heterocycles. The van der Waals surface area contributed by atoms with Gasteiger partial charge in [0.2, 0.25) is 0 Å². The maximum Gasteiger partial charge on any atom is 0.169 e. The van der Waals surface area contributed by atoms with Crippen LogP contribution in [0.25, 0.3) is 0 Å². The van der Waals surface area contributed by atoms with Crippen LogP contribution in [0.3, 0.4) is 0 Å². The van der Waals surface area contributed by atoms with Crippen LogP contribution in [0.2, 0.25) is 0 Å². The summed E-state index contributed by atoms with van der Waals surface area (Å²) in [5.41, 5.74) is 1.11. The summed E-state index contributed by atoms with van der Waals surface area (Å²) in [6, 6.07) is 5.98. The quantitative estimate of drug-likeness (QED) is 0.651. The monoisotopic (exact) mass is 224 g/mol. The predicted octanol–water partition coefficient (Wildman–Crippen LogP) is 1.17. The van der Waals surface area contributed by atoms with Crippen LogP contribution in [0.4, 0.5) is 0 Å². The highest BCUT2D eigenvalue weighted by molar-refractivity contribution is 5.03. The van der Waals surface area contributed by atoms with Gasteiger partial charge in [-0.1, -0.05) is 6.07 Å². The number of likely N-dealkylation sites (N-methyl/N-ethyl adjacent to an activating group) is 1. The van der Waals surface area contributed by atoms with Crippen molar-refractivity contribution in [1.82, 2.24) is 9.88 Å². The number of nitrogens with zero attached hydrogens (tertiary/aromatic N) is 2. The molecule has 0 bridgehead atoms. The average Bonchev–Trinajstić information content (AvgIpc) is 2.34. The van der Waals surface area contributed by atoms with E-state index in [1.54, 1.807) is 14.2 Å². The summed E-state index contributed by atoms with van der Waals surface area (Å²) in [5.74, 6) is 0. The van der Waals surface area contributed by atoms with Gasteiger partial charge < -0.3 is 14.4 Å². The Morgan fingerprint density at radius 1 is 1.31 bits per heavy atom. The van der Waals surface area contributed by atoms with E-state index < -0.39 is 0 Å². The number of hydrogen-bond donors (Lipinski definition) is 0. The molecule has 1 rings (SSSR count). The zero-order chi connectivity index (χ0) is 11.8. The topological polar surface area (TPSA) is 34.6 Å². The van der Waals surface area contributed by atoms with E-state index in [0.717, 1.165) is 25.2 Å². The Morgan fingerprint density at radius 3 is 2.62 bits per heavy atom. The second-order valence-corrected chi connectivity index (χ2v) is 3.73. The second kappa shape index (κ2) is 7.33. The van der Waals surface area contributed by atoms with Crippen molar-refractivity contribution < 1.29 is 9.47 Å². The molecule has 4 heteroatoms. The summed E-state index contributed by atoms with van der Waals surface area (Å²) in [6.07, 6.45) is 2.61. The molecule has 0 fully saturated rings. The molecule has 90 valence electrons. The first-order chi connectivity index (χ1) is 7.76. The fourth-order valence-electron chi connectivity index (χ4n) is 1.44. The minimum absolute atomic E-state index is 0.159. The van der Waals surface area contributed by atoms with Crippen molar-refractivity contribution in [3.63, 3.8) is 0 Å². The normalized spacial score (nSPS) is 11.3. The van der Waals surface area contributed by atoms with Gasteiger partial charge in [0.05, 0.1) is 0 Å². The average molecular weight is 224 g/mol. The first-order valence-corrected chi connectivity index (χ1v) is 5.40. The fourth-order valence-corrected chi connectivity index (χ4v) is 1.44. The number of methoxy groups -OCH3 is 2. The molecule has 0 radical (unpaired) electrons. The van der Waals surface area contributed by atoms with Crippen molar-refractivity contribution >= 4 is 0 Å². The molecule has 1 aromatic heterocycles. The zero-order valence-electron chi connectivity index (χ0n) is 10.2. The van der Waals surface area contributed by atoms with Crippen LogP contribution in [-0.2, 0) is 15.9 Å². The molecule has 0 amide bonds. The Hall–Kier alpha value is -0.970. The lowest BCUT2D eigenvalue weighted by molar-refractivity contribution is -0.113. The fraction of sp³-hybridized carbons (Fsp3) is 0.583. The van der Waals surface area contributed by atoms with Crippen LogP contribution >= 0.6 is 0 Å². The largest absolute Gasteiger partial charge is 0.355 e. The molecule has 1 aromatic rings. The van der Waals surface area contributed by atoms with Crippen LogP contribution in [0.1, 0.15) is 5.69 Å². The number of ether oxygens (including phenoxy) is 2.